The number of carbonyl (C=O) groups excluding carboxylic acids is 5. The zero-order chi connectivity index (χ0) is 50.3. The van der Waals surface area contributed by atoms with Gasteiger partial charge in [0.25, 0.3) is 5.56 Å². The van der Waals surface area contributed by atoms with E-state index in [1.165, 1.54) is 12.4 Å². The third kappa shape index (κ3) is 11.2. The molecule has 3 atom stereocenters. The van der Waals surface area contributed by atoms with Crippen molar-refractivity contribution in [2.75, 3.05) is 32.7 Å². The van der Waals surface area contributed by atoms with Crippen molar-refractivity contribution in [3.8, 4) is 34.7 Å². The van der Waals surface area contributed by atoms with Gasteiger partial charge in [-0.25, -0.2) is 28.2 Å². The second-order valence-corrected chi connectivity index (χ2v) is 19.6. The second kappa shape index (κ2) is 21.8. The molecular formula is C48H57N9O12S. The molecule has 1 aromatic carbocycles. The molecule has 22 heteroatoms. The number of sulfone groups is 1. The van der Waals surface area contributed by atoms with E-state index < -0.39 is 56.8 Å². The number of cyclic esters (lactones) is 1. The third-order valence-corrected chi connectivity index (χ3v) is 13.3. The molecular weight excluding hydrogens is 927 g/mol. The normalized spacial score (nSPS) is 16.2. The first-order chi connectivity index (χ1) is 33.4. The first-order valence-corrected chi connectivity index (χ1v) is 25.1. The molecule has 6 heterocycles. The second-order valence-electron chi connectivity index (χ2n) is 17.7. The van der Waals surface area contributed by atoms with Gasteiger partial charge < -0.3 is 50.9 Å². The fraction of sp³-hybridized carbons (Fsp3) is 0.479. The number of fused-ring (bicyclic) bond motifs is 6. The fourth-order valence-electron chi connectivity index (χ4n) is 8.56. The number of amides is 4. The number of aromatic nitrogens is 4. The van der Waals surface area contributed by atoms with Crippen molar-refractivity contribution in [3.05, 3.63) is 68.8 Å². The minimum Gasteiger partial charge on any atom is -0.458 e. The summed E-state index contributed by atoms with van der Waals surface area (Å²) in [5.74, 6) is 3.65. The van der Waals surface area contributed by atoms with Crippen LogP contribution in [0.1, 0.15) is 100.0 Å². The first kappa shape index (κ1) is 50.9. The Bertz CT molecular complexity index is 2950. The lowest BCUT2D eigenvalue weighted by Gasteiger charge is -2.31. The van der Waals surface area contributed by atoms with E-state index >= 15 is 0 Å². The predicted molar refractivity (Wildman–Crippen MR) is 252 cm³/mol. The highest BCUT2D eigenvalue weighted by molar-refractivity contribution is 7.90. The maximum absolute atomic E-state index is 13.9. The first-order valence-electron chi connectivity index (χ1n) is 23.2. The number of aliphatic hydroxyl groups is 1. The zero-order valence-corrected chi connectivity index (χ0v) is 40.3. The van der Waals surface area contributed by atoms with Crippen molar-refractivity contribution >= 4 is 50.3 Å². The molecule has 4 aromatic rings. The molecule has 0 spiro atoms. The number of nitrogens with one attached hydrogen (secondary N) is 4. The van der Waals surface area contributed by atoms with Gasteiger partial charge in [-0.3, -0.25) is 24.0 Å². The average Bonchev–Trinajstić information content (AvgIpc) is 3.95. The van der Waals surface area contributed by atoms with E-state index in [-0.39, 0.29) is 80.4 Å². The number of carbonyl (C=O) groups is 5. The average molecular weight is 984 g/mol. The lowest BCUT2D eigenvalue weighted by Crippen LogP contribution is -2.56. The van der Waals surface area contributed by atoms with E-state index in [4.69, 9.17) is 24.9 Å². The van der Waals surface area contributed by atoms with E-state index in [0.29, 0.717) is 79.0 Å². The highest BCUT2D eigenvalue weighted by Gasteiger charge is 2.45. The van der Waals surface area contributed by atoms with Gasteiger partial charge in [-0.05, 0) is 75.1 Å². The van der Waals surface area contributed by atoms with Gasteiger partial charge in [0.05, 0.1) is 41.1 Å². The molecule has 7 rings (SSSR count). The molecule has 3 aromatic heterocycles. The molecule has 372 valence electrons. The van der Waals surface area contributed by atoms with E-state index in [0.717, 1.165) is 22.8 Å². The van der Waals surface area contributed by atoms with Gasteiger partial charge >= 0.3 is 5.97 Å². The third-order valence-electron chi connectivity index (χ3n) is 12.4. The number of ether oxygens (including phenoxy) is 3. The minimum atomic E-state index is -3.54. The van der Waals surface area contributed by atoms with Gasteiger partial charge in [-0.1, -0.05) is 32.6 Å². The van der Waals surface area contributed by atoms with Crippen molar-refractivity contribution in [2.45, 2.75) is 115 Å². The number of nitrogens with two attached hydrogens (primary N) is 1. The van der Waals surface area contributed by atoms with Crippen molar-refractivity contribution in [3.63, 3.8) is 0 Å². The molecule has 7 N–H and O–H groups in total. The minimum absolute atomic E-state index is 0.00547. The summed E-state index contributed by atoms with van der Waals surface area (Å²) in [4.78, 5) is 92.3. The van der Waals surface area contributed by atoms with Crippen LogP contribution in [-0.2, 0) is 63.7 Å². The Labute approximate surface area is 404 Å². The van der Waals surface area contributed by atoms with E-state index in [1.807, 2.05) is 6.07 Å². The van der Waals surface area contributed by atoms with Crippen LogP contribution in [0.2, 0.25) is 0 Å². The summed E-state index contributed by atoms with van der Waals surface area (Å²) in [5.41, 5.74) is 7.36. The van der Waals surface area contributed by atoms with Gasteiger partial charge in [0.2, 0.25) is 45.4 Å². The van der Waals surface area contributed by atoms with Crippen LogP contribution in [0, 0.1) is 17.8 Å². The molecule has 4 amide bonds. The summed E-state index contributed by atoms with van der Waals surface area (Å²) in [6.45, 7) is 5.36. The summed E-state index contributed by atoms with van der Waals surface area (Å²) in [7, 11) is -3.54. The number of esters is 1. The van der Waals surface area contributed by atoms with Crippen LogP contribution >= 0.6 is 0 Å². The maximum atomic E-state index is 13.9. The predicted octanol–water partition coefficient (Wildman–Crippen LogP) is 1.14. The number of pyridine rings is 2. The lowest BCUT2D eigenvalue weighted by molar-refractivity contribution is -0.172. The van der Waals surface area contributed by atoms with Crippen molar-refractivity contribution in [1.29, 1.82) is 0 Å². The zero-order valence-electron chi connectivity index (χ0n) is 39.4. The highest BCUT2D eigenvalue weighted by atomic mass is 32.2. The Morgan fingerprint density at radius 1 is 0.943 bits per heavy atom. The molecule has 2 unspecified atom stereocenters. The number of unbranched alkanes of at least 4 members (excludes halogenated alkanes) is 2. The largest absolute Gasteiger partial charge is 0.458 e. The number of hydrogen-bond donors (Lipinski definition) is 6. The fourth-order valence-corrected chi connectivity index (χ4v) is 9.05. The Hall–Kier alpha value is -6.96. The van der Waals surface area contributed by atoms with Crippen molar-refractivity contribution < 1.29 is 51.7 Å². The van der Waals surface area contributed by atoms with Gasteiger partial charge in [0.15, 0.2) is 17.1 Å². The number of hydrogen-bond acceptors (Lipinski definition) is 16. The molecule has 0 aliphatic carbocycles. The molecule has 3 aliphatic rings. The summed E-state index contributed by atoms with van der Waals surface area (Å²) in [5, 5.41) is 22.8. The Morgan fingerprint density at radius 3 is 2.39 bits per heavy atom. The van der Waals surface area contributed by atoms with Crippen LogP contribution in [-0.4, -0.2) is 107 Å². The van der Waals surface area contributed by atoms with E-state index in [9.17, 15) is 42.3 Å². The topological polar surface area (TPSA) is 302 Å². The number of rotatable bonds is 20. The number of benzene rings is 1. The van der Waals surface area contributed by atoms with Crippen LogP contribution < -0.4 is 42.0 Å². The molecule has 70 heavy (non-hydrogen) atoms. The number of aryl methyl sites for hydroxylation is 1. The van der Waals surface area contributed by atoms with Gasteiger partial charge in [-0.2, -0.15) is 0 Å². The van der Waals surface area contributed by atoms with Crippen LogP contribution in [0.4, 0.5) is 0 Å². The lowest BCUT2D eigenvalue weighted by atomic mass is 9.86. The molecule has 21 nitrogen and oxygen atoms in total. The summed E-state index contributed by atoms with van der Waals surface area (Å²) in [6.07, 6.45) is 6.64. The Kier molecular flexibility index (Phi) is 15.8. The van der Waals surface area contributed by atoms with Gasteiger partial charge in [0.1, 0.15) is 18.7 Å². The summed E-state index contributed by atoms with van der Waals surface area (Å²) in [6, 6.07) is 3.29. The van der Waals surface area contributed by atoms with Crippen LogP contribution in [0.15, 0.2) is 40.5 Å². The molecule has 0 bridgehead atoms. The van der Waals surface area contributed by atoms with Crippen molar-refractivity contribution in [1.82, 2.24) is 40.8 Å². The summed E-state index contributed by atoms with van der Waals surface area (Å²) >= 11 is 0. The molecule has 0 saturated carbocycles. The van der Waals surface area contributed by atoms with Gasteiger partial charge in [0, 0.05) is 60.6 Å². The SMILES string of the molecule is CC[C@@]1(O)C(=O)OCc2c1cc1n(c2=O)Cc2c-1nc1cc3c(cc1c2CCCNC(=O)CNC(=O)C(CCCCN)NC(=O)C(NC(=O)CCCC#Cc1cnc(S(C)(=O)=O)nc1)C(C)C)OCO3. The Balaban J connectivity index is 0.943. The van der Waals surface area contributed by atoms with Crippen molar-refractivity contribution in [2.24, 2.45) is 11.7 Å². The van der Waals surface area contributed by atoms with Crippen LogP contribution in [0.3, 0.4) is 0 Å². The standard InChI is InChI=1S/C48H57N9O12S/c1-5-48(64)33-19-36-42-31(24-57(36)45(62)32(33)25-67-46(48)63)29(30-18-37-38(69-26-68-37)20-35(30)54-42)13-11-17-50-40(59)23-51-43(60)34(14-9-10-16-49)55-44(61)41(27(2)3)56-39(58)15-8-6-7-12-28-21-52-47(53-22-28)70(4,65)66/h18-22,27,34,41,64H,5-6,8-11,13-17,23-26,49H2,1-4H3,(H,50,59)(H,51,60)(H,55,61)(H,56,58)/t34?,41?,48-/m0/s1. The maximum Gasteiger partial charge on any atom is 0.343 e. The summed E-state index contributed by atoms with van der Waals surface area (Å²) < 4.78 is 41.3. The quantitative estimate of drug-likeness (QED) is 0.0276. The molecule has 0 fully saturated rings. The number of nitrogens with zero attached hydrogens (tertiary/aromatic N) is 4. The molecule has 0 saturated heterocycles. The monoisotopic (exact) mass is 983 g/mol. The molecule has 0 radical (unpaired) electrons. The van der Waals surface area contributed by atoms with Gasteiger partial charge in [-0.15, -0.1) is 0 Å². The van der Waals surface area contributed by atoms with Crippen LogP contribution in [0.5, 0.6) is 11.5 Å². The van der Waals surface area contributed by atoms with E-state index in [2.05, 4.69) is 43.1 Å². The highest BCUT2D eigenvalue weighted by Crippen LogP contribution is 2.43. The van der Waals surface area contributed by atoms with Crippen LogP contribution in [0.25, 0.3) is 22.3 Å². The molecule has 3 aliphatic heterocycles. The Morgan fingerprint density at radius 2 is 1.69 bits per heavy atom. The van der Waals surface area contributed by atoms with E-state index in [1.54, 1.807) is 37.5 Å². The smallest absolute Gasteiger partial charge is 0.343 e.